The average Bonchev–Trinajstić information content (AvgIpc) is 2.16. The molecule has 1 aromatic heterocycles. The highest BCUT2D eigenvalue weighted by atomic mass is 14.6. The molecule has 0 amide bonds. The van der Waals surface area contributed by atoms with Gasteiger partial charge in [-0.1, -0.05) is 27.7 Å². The van der Waals surface area contributed by atoms with Crippen LogP contribution in [0.25, 0.3) is 0 Å². The Morgan fingerprint density at radius 2 is 1.86 bits per heavy atom. The van der Waals surface area contributed by atoms with E-state index in [1.165, 1.54) is 23.1 Å². The van der Waals surface area contributed by atoms with Crippen molar-refractivity contribution in [3.05, 3.63) is 29.1 Å². The first-order valence-corrected chi connectivity index (χ1v) is 5.52. The third-order valence-electron chi connectivity index (χ3n) is 2.94. The van der Waals surface area contributed by atoms with Gasteiger partial charge in [-0.3, -0.25) is 4.98 Å². The first kappa shape index (κ1) is 11.2. The summed E-state index contributed by atoms with van der Waals surface area (Å²) in [5.74, 6) is 1.22. The van der Waals surface area contributed by atoms with Crippen molar-refractivity contribution in [1.29, 1.82) is 0 Å². The highest BCUT2D eigenvalue weighted by Crippen LogP contribution is 2.29. The summed E-state index contributed by atoms with van der Waals surface area (Å²) in [5.41, 5.74) is 4.27. The summed E-state index contributed by atoms with van der Waals surface area (Å²) in [6.07, 6.45) is 5.21. The van der Waals surface area contributed by atoms with Crippen molar-refractivity contribution in [2.45, 2.75) is 52.9 Å². The first-order chi connectivity index (χ1) is 6.57. The van der Waals surface area contributed by atoms with Gasteiger partial charge in [-0.25, -0.2) is 0 Å². The van der Waals surface area contributed by atoms with Crippen molar-refractivity contribution in [3.8, 4) is 0 Å². The van der Waals surface area contributed by atoms with Gasteiger partial charge in [-0.2, -0.15) is 0 Å². The van der Waals surface area contributed by atoms with E-state index in [9.17, 15) is 0 Å². The molecule has 1 heterocycles. The first-order valence-electron chi connectivity index (χ1n) is 5.52. The molecule has 0 radical (unpaired) electrons. The van der Waals surface area contributed by atoms with Crippen molar-refractivity contribution in [2.75, 3.05) is 0 Å². The second kappa shape index (κ2) is 4.59. The maximum atomic E-state index is 4.28. The maximum Gasteiger partial charge on any atom is 0.0305 e. The van der Waals surface area contributed by atoms with Crippen LogP contribution in [-0.4, -0.2) is 4.98 Å². The summed E-state index contributed by atoms with van der Waals surface area (Å²) in [6.45, 7) is 11.2. The molecular weight excluding hydrogens is 170 g/mol. The summed E-state index contributed by atoms with van der Waals surface area (Å²) in [7, 11) is 0. The summed E-state index contributed by atoms with van der Waals surface area (Å²) >= 11 is 0. The Balaban J connectivity index is 3.22. The minimum Gasteiger partial charge on any atom is -0.264 e. The van der Waals surface area contributed by atoms with E-state index in [2.05, 4.69) is 39.6 Å². The Bertz CT molecular complexity index is 302. The van der Waals surface area contributed by atoms with Crippen LogP contribution in [0.2, 0.25) is 0 Å². The molecule has 0 bridgehead atoms. The number of nitrogens with zero attached hydrogens (tertiary/aromatic N) is 1. The van der Waals surface area contributed by atoms with Gasteiger partial charge in [0.25, 0.3) is 0 Å². The van der Waals surface area contributed by atoms with Gasteiger partial charge in [0.2, 0.25) is 0 Å². The maximum absolute atomic E-state index is 4.28. The fraction of sp³-hybridized carbons (Fsp3) is 0.615. The smallest absolute Gasteiger partial charge is 0.0305 e. The second-order valence-corrected chi connectivity index (χ2v) is 4.42. The predicted octanol–water partition coefficient (Wildman–Crippen LogP) is 4.03. The molecule has 1 rings (SSSR count). The number of hydrogen-bond donors (Lipinski definition) is 0. The van der Waals surface area contributed by atoms with Crippen molar-refractivity contribution in [2.24, 2.45) is 0 Å². The van der Waals surface area contributed by atoms with Crippen molar-refractivity contribution < 1.29 is 0 Å². The minimum absolute atomic E-state index is 0.575. The van der Waals surface area contributed by atoms with Crippen molar-refractivity contribution in [3.63, 3.8) is 0 Å². The van der Waals surface area contributed by atoms with E-state index in [-0.39, 0.29) is 0 Å². The molecule has 1 aromatic rings. The van der Waals surface area contributed by atoms with Crippen molar-refractivity contribution in [1.82, 2.24) is 4.98 Å². The lowest BCUT2D eigenvalue weighted by Crippen LogP contribution is -2.04. The summed E-state index contributed by atoms with van der Waals surface area (Å²) < 4.78 is 0. The van der Waals surface area contributed by atoms with Crippen LogP contribution in [0.1, 0.15) is 62.6 Å². The average molecular weight is 191 g/mol. The summed E-state index contributed by atoms with van der Waals surface area (Å²) in [5, 5.41) is 0. The molecule has 0 N–H and O–H groups in total. The number of aromatic nitrogens is 1. The predicted molar refractivity (Wildman–Crippen MR) is 61.8 cm³/mol. The number of rotatable bonds is 3. The van der Waals surface area contributed by atoms with Crippen LogP contribution in [0, 0.1) is 6.92 Å². The number of pyridine rings is 1. The Kier molecular flexibility index (Phi) is 3.68. The zero-order chi connectivity index (χ0) is 10.7. The lowest BCUT2D eigenvalue weighted by molar-refractivity contribution is 0.698. The highest BCUT2D eigenvalue weighted by molar-refractivity contribution is 5.35. The van der Waals surface area contributed by atoms with Crippen LogP contribution in [0.3, 0.4) is 0 Å². The molecule has 0 spiro atoms. The van der Waals surface area contributed by atoms with Crippen LogP contribution in [0.5, 0.6) is 0 Å². The van der Waals surface area contributed by atoms with E-state index in [4.69, 9.17) is 0 Å². The van der Waals surface area contributed by atoms with E-state index in [1.54, 1.807) is 0 Å². The normalized spacial score (nSPS) is 13.3. The molecule has 1 heteroatoms. The fourth-order valence-electron chi connectivity index (χ4n) is 1.93. The molecule has 1 nitrogen and oxygen atoms in total. The van der Waals surface area contributed by atoms with Crippen LogP contribution in [-0.2, 0) is 0 Å². The van der Waals surface area contributed by atoms with Gasteiger partial charge in [0.05, 0.1) is 0 Å². The minimum atomic E-state index is 0.575. The molecule has 0 aliphatic carbocycles. The Morgan fingerprint density at radius 1 is 1.21 bits per heavy atom. The molecule has 0 saturated carbocycles. The molecule has 0 saturated heterocycles. The SMILES string of the molecule is CCC(C)c1c(C)cncc1C(C)C. The largest absolute Gasteiger partial charge is 0.264 e. The zero-order valence-corrected chi connectivity index (χ0v) is 9.96. The van der Waals surface area contributed by atoms with Gasteiger partial charge in [-0.05, 0) is 41.9 Å². The Morgan fingerprint density at radius 3 is 2.36 bits per heavy atom. The van der Waals surface area contributed by atoms with Crippen molar-refractivity contribution >= 4 is 0 Å². The van der Waals surface area contributed by atoms with Crippen LogP contribution in [0.15, 0.2) is 12.4 Å². The quantitative estimate of drug-likeness (QED) is 0.703. The summed E-state index contributed by atoms with van der Waals surface area (Å²) in [6, 6.07) is 0. The van der Waals surface area contributed by atoms with Gasteiger partial charge in [-0.15, -0.1) is 0 Å². The zero-order valence-electron chi connectivity index (χ0n) is 9.96. The van der Waals surface area contributed by atoms with Gasteiger partial charge in [0.1, 0.15) is 0 Å². The molecule has 0 fully saturated rings. The van der Waals surface area contributed by atoms with Crippen LogP contribution in [0.4, 0.5) is 0 Å². The molecule has 0 aromatic carbocycles. The topological polar surface area (TPSA) is 12.9 Å². The second-order valence-electron chi connectivity index (χ2n) is 4.42. The molecule has 1 unspecified atom stereocenters. The third kappa shape index (κ3) is 2.14. The molecule has 1 atom stereocenters. The number of aryl methyl sites for hydroxylation is 1. The van der Waals surface area contributed by atoms with Crippen LogP contribution >= 0.6 is 0 Å². The lowest BCUT2D eigenvalue weighted by atomic mass is 9.87. The summed E-state index contributed by atoms with van der Waals surface area (Å²) in [4.78, 5) is 4.28. The molecule has 78 valence electrons. The van der Waals surface area contributed by atoms with E-state index in [0.29, 0.717) is 11.8 Å². The lowest BCUT2D eigenvalue weighted by Gasteiger charge is -2.19. The Labute approximate surface area is 87.6 Å². The standard InChI is InChI=1S/C13H21N/c1-6-10(4)13-11(5)7-14-8-12(13)9(2)3/h7-10H,6H2,1-5H3. The van der Waals surface area contributed by atoms with E-state index in [1.807, 2.05) is 12.4 Å². The fourth-order valence-corrected chi connectivity index (χ4v) is 1.93. The van der Waals surface area contributed by atoms with Gasteiger partial charge < -0.3 is 0 Å². The monoisotopic (exact) mass is 191 g/mol. The van der Waals surface area contributed by atoms with Gasteiger partial charge in [0, 0.05) is 12.4 Å². The van der Waals surface area contributed by atoms with E-state index < -0.39 is 0 Å². The molecule has 0 aliphatic heterocycles. The number of hydrogen-bond acceptors (Lipinski definition) is 1. The van der Waals surface area contributed by atoms with Gasteiger partial charge in [0.15, 0.2) is 0 Å². The highest BCUT2D eigenvalue weighted by Gasteiger charge is 2.14. The van der Waals surface area contributed by atoms with Crippen LogP contribution < -0.4 is 0 Å². The third-order valence-corrected chi connectivity index (χ3v) is 2.94. The molecule has 0 aliphatic rings. The van der Waals surface area contributed by atoms with Gasteiger partial charge >= 0.3 is 0 Å². The van der Waals surface area contributed by atoms with E-state index >= 15 is 0 Å². The molecular formula is C13H21N. The Hall–Kier alpha value is -0.850. The van der Waals surface area contributed by atoms with E-state index in [0.717, 1.165) is 0 Å². The molecule has 14 heavy (non-hydrogen) atoms.